The molecule has 3 heteroatoms. The Hall–Kier alpha value is -0.700. The van der Waals surface area contributed by atoms with E-state index in [4.69, 9.17) is 0 Å². The fourth-order valence-corrected chi connectivity index (χ4v) is 1.28. The average molecular weight is 199 g/mol. The van der Waals surface area contributed by atoms with Gasteiger partial charge in [-0.25, -0.2) is 0 Å². The van der Waals surface area contributed by atoms with Crippen LogP contribution in [0.3, 0.4) is 0 Å². The van der Waals surface area contributed by atoms with Gasteiger partial charge in [-0.1, -0.05) is 6.92 Å². The molecule has 0 spiro atoms. The average Bonchev–Trinajstić information content (AvgIpc) is 2.09. The normalized spacial score (nSPS) is 10.6. The van der Waals surface area contributed by atoms with Crippen LogP contribution in [0, 0.1) is 0 Å². The van der Waals surface area contributed by atoms with Gasteiger partial charge in [0.15, 0.2) is 0 Å². The van der Waals surface area contributed by atoms with Crippen LogP contribution < -0.4 is 0 Å². The monoisotopic (exact) mass is 199 g/mol. The Morgan fingerprint density at radius 2 is 1.36 bits per heavy atom. The van der Waals surface area contributed by atoms with Gasteiger partial charge < -0.3 is 4.90 Å². The Balaban J connectivity index is 3.76. The third kappa shape index (κ3) is 7.92. The van der Waals surface area contributed by atoms with Crippen molar-refractivity contribution < 1.29 is 9.59 Å². The number of hydrogen-bond donors (Lipinski definition) is 0. The summed E-state index contributed by atoms with van der Waals surface area (Å²) in [6.07, 6.45) is 2.26. The fourth-order valence-electron chi connectivity index (χ4n) is 1.28. The molecule has 0 aliphatic heterocycles. The van der Waals surface area contributed by atoms with Crippen LogP contribution in [0.4, 0.5) is 0 Å². The first-order valence-electron chi connectivity index (χ1n) is 5.27. The summed E-state index contributed by atoms with van der Waals surface area (Å²) in [5.74, 6) is 0.433. The molecule has 0 aliphatic rings. The van der Waals surface area contributed by atoms with Crippen LogP contribution in [0.5, 0.6) is 0 Å². The minimum Gasteiger partial charge on any atom is -0.302 e. The van der Waals surface area contributed by atoms with Gasteiger partial charge in [0.25, 0.3) is 0 Å². The van der Waals surface area contributed by atoms with E-state index in [9.17, 15) is 9.59 Å². The quantitative estimate of drug-likeness (QED) is 0.596. The van der Waals surface area contributed by atoms with Crippen molar-refractivity contribution in [1.82, 2.24) is 4.90 Å². The second-order valence-electron chi connectivity index (χ2n) is 3.75. The van der Waals surface area contributed by atoms with Crippen molar-refractivity contribution in [3.8, 4) is 0 Å². The molecular formula is C11H21NO2. The largest absolute Gasteiger partial charge is 0.302 e. The van der Waals surface area contributed by atoms with E-state index in [1.807, 2.05) is 0 Å². The van der Waals surface area contributed by atoms with E-state index < -0.39 is 0 Å². The van der Waals surface area contributed by atoms with E-state index in [0.717, 1.165) is 26.1 Å². The molecule has 0 radical (unpaired) electrons. The highest BCUT2D eigenvalue weighted by Crippen LogP contribution is 1.97. The van der Waals surface area contributed by atoms with Crippen LogP contribution >= 0.6 is 0 Å². The molecule has 0 aromatic rings. The molecule has 0 heterocycles. The first-order valence-corrected chi connectivity index (χ1v) is 5.27. The summed E-state index contributed by atoms with van der Waals surface area (Å²) in [6.45, 7) is 7.87. The van der Waals surface area contributed by atoms with Crippen molar-refractivity contribution in [3.63, 3.8) is 0 Å². The molecule has 0 aliphatic carbocycles. The minimum atomic E-state index is 0.217. The zero-order chi connectivity index (χ0) is 11.0. The van der Waals surface area contributed by atoms with E-state index >= 15 is 0 Å². The van der Waals surface area contributed by atoms with Crippen LogP contribution in [0.1, 0.15) is 40.0 Å². The van der Waals surface area contributed by atoms with Crippen molar-refractivity contribution in [1.29, 1.82) is 0 Å². The molecule has 0 aromatic heterocycles. The maximum absolute atomic E-state index is 10.8. The summed E-state index contributed by atoms with van der Waals surface area (Å²) in [4.78, 5) is 23.8. The van der Waals surface area contributed by atoms with Gasteiger partial charge in [0.05, 0.1) is 0 Å². The van der Waals surface area contributed by atoms with Crippen molar-refractivity contribution in [2.45, 2.75) is 40.0 Å². The molecule has 0 aromatic carbocycles. The van der Waals surface area contributed by atoms with Crippen LogP contribution in [-0.2, 0) is 9.59 Å². The molecule has 0 saturated heterocycles. The molecule has 0 amide bonds. The van der Waals surface area contributed by atoms with Crippen LogP contribution in [0.15, 0.2) is 0 Å². The van der Waals surface area contributed by atoms with E-state index in [1.54, 1.807) is 13.8 Å². The van der Waals surface area contributed by atoms with E-state index in [2.05, 4.69) is 11.8 Å². The van der Waals surface area contributed by atoms with E-state index in [-0.39, 0.29) is 11.6 Å². The first-order chi connectivity index (χ1) is 6.56. The fraction of sp³-hybridized carbons (Fsp3) is 0.818. The molecule has 14 heavy (non-hydrogen) atoms. The van der Waals surface area contributed by atoms with Gasteiger partial charge >= 0.3 is 0 Å². The topological polar surface area (TPSA) is 37.4 Å². The Kier molecular flexibility index (Phi) is 7.30. The lowest BCUT2D eigenvalue weighted by atomic mass is 10.2. The maximum Gasteiger partial charge on any atom is 0.131 e. The maximum atomic E-state index is 10.8. The lowest BCUT2D eigenvalue weighted by Crippen LogP contribution is -2.29. The van der Waals surface area contributed by atoms with E-state index in [0.29, 0.717) is 12.8 Å². The third-order valence-electron chi connectivity index (χ3n) is 2.10. The van der Waals surface area contributed by atoms with Crippen LogP contribution in [-0.4, -0.2) is 36.1 Å². The number of hydrogen-bond acceptors (Lipinski definition) is 3. The summed E-state index contributed by atoms with van der Waals surface area (Å²) < 4.78 is 0. The zero-order valence-corrected chi connectivity index (χ0v) is 9.51. The van der Waals surface area contributed by atoms with E-state index in [1.165, 1.54) is 0 Å². The number of Topliss-reactive ketones (excluding diaryl/α,β-unsaturated/α-hetero) is 2. The minimum absolute atomic E-state index is 0.217. The highest BCUT2D eigenvalue weighted by atomic mass is 16.1. The second kappa shape index (κ2) is 7.68. The summed E-state index contributed by atoms with van der Waals surface area (Å²) in [5, 5.41) is 0. The number of nitrogens with zero attached hydrogens (tertiary/aromatic N) is 1. The number of ketones is 2. The molecule has 0 rings (SSSR count). The second-order valence-corrected chi connectivity index (χ2v) is 3.75. The molecule has 0 atom stereocenters. The smallest absolute Gasteiger partial charge is 0.131 e. The molecular weight excluding hydrogens is 178 g/mol. The number of carbonyl (C=O) groups excluding carboxylic acids is 2. The number of carbonyl (C=O) groups is 2. The van der Waals surface area contributed by atoms with Crippen LogP contribution in [0.2, 0.25) is 0 Å². The molecule has 0 N–H and O–H groups in total. The van der Waals surface area contributed by atoms with Gasteiger partial charge in [-0.3, -0.25) is 9.59 Å². The Bertz CT molecular complexity index is 172. The van der Waals surface area contributed by atoms with Crippen LogP contribution in [0.25, 0.3) is 0 Å². The van der Waals surface area contributed by atoms with Crippen molar-refractivity contribution in [3.05, 3.63) is 0 Å². The molecule has 82 valence electrons. The van der Waals surface area contributed by atoms with Gasteiger partial charge in [0.1, 0.15) is 11.6 Å². The Morgan fingerprint density at radius 3 is 1.64 bits per heavy atom. The van der Waals surface area contributed by atoms with Gasteiger partial charge in [0.2, 0.25) is 0 Å². The van der Waals surface area contributed by atoms with Crippen molar-refractivity contribution in [2.75, 3.05) is 19.6 Å². The highest BCUT2D eigenvalue weighted by molar-refractivity contribution is 5.76. The van der Waals surface area contributed by atoms with Gasteiger partial charge in [-0.05, 0) is 26.8 Å². The molecule has 3 nitrogen and oxygen atoms in total. The standard InChI is InChI=1S/C11H21NO2/c1-4-7-12(8-5-10(2)13)9-6-11(3)14/h4-9H2,1-3H3. The van der Waals surface area contributed by atoms with Gasteiger partial charge in [-0.15, -0.1) is 0 Å². The Labute approximate surface area is 86.5 Å². The molecule has 0 bridgehead atoms. The van der Waals surface area contributed by atoms with Crippen molar-refractivity contribution in [2.24, 2.45) is 0 Å². The zero-order valence-electron chi connectivity index (χ0n) is 9.51. The summed E-state index contributed by atoms with van der Waals surface area (Å²) in [7, 11) is 0. The highest BCUT2D eigenvalue weighted by Gasteiger charge is 2.05. The summed E-state index contributed by atoms with van der Waals surface area (Å²) >= 11 is 0. The lowest BCUT2D eigenvalue weighted by molar-refractivity contribution is -0.117. The predicted molar refractivity (Wildman–Crippen MR) is 57.3 cm³/mol. The third-order valence-corrected chi connectivity index (χ3v) is 2.10. The summed E-state index contributed by atoms with van der Waals surface area (Å²) in [6, 6.07) is 0. The SMILES string of the molecule is CCCN(CCC(C)=O)CCC(C)=O. The molecule has 0 saturated carbocycles. The van der Waals surface area contributed by atoms with Gasteiger partial charge in [0, 0.05) is 25.9 Å². The predicted octanol–water partition coefficient (Wildman–Crippen LogP) is 1.66. The lowest BCUT2D eigenvalue weighted by Gasteiger charge is -2.20. The Morgan fingerprint density at radius 1 is 0.929 bits per heavy atom. The first kappa shape index (κ1) is 13.3. The molecule has 0 unspecified atom stereocenters. The van der Waals surface area contributed by atoms with Crippen molar-refractivity contribution >= 4 is 11.6 Å². The molecule has 0 fully saturated rings. The summed E-state index contributed by atoms with van der Waals surface area (Å²) in [5.41, 5.74) is 0. The van der Waals surface area contributed by atoms with Gasteiger partial charge in [-0.2, -0.15) is 0 Å². The number of rotatable bonds is 8.